The zero-order valence-corrected chi connectivity index (χ0v) is 18.4. The number of nitrogens with one attached hydrogen (secondary N) is 3. The fourth-order valence-corrected chi connectivity index (χ4v) is 2.83. The quantitative estimate of drug-likeness (QED) is 0.163. The summed E-state index contributed by atoms with van der Waals surface area (Å²) in [5, 5.41) is 34.9. The number of aliphatic carboxylic acids is 1. The minimum atomic E-state index is -1.57. The molecule has 0 spiro atoms. The van der Waals surface area contributed by atoms with Crippen LogP contribution >= 0.6 is 0 Å². The Hall–Kier alpha value is -3.35. The van der Waals surface area contributed by atoms with Crippen LogP contribution in [0.5, 0.6) is 0 Å². The molecule has 1 aromatic carbocycles. The maximum Gasteiger partial charge on any atom is 0.305 e. The third-order valence-corrected chi connectivity index (χ3v) is 4.70. The van der Waals surface area contributed by atoms with E-state index in [1.807, 2.05) is 0 Å². The number of ketones is 1. The van der Waals surface area contributed by atoms with Crippen LogP contribution in [0.3, 0.4) is 0 Å². The fraction of sp³-hybridized carbons (Fsp3) is 0.476. The molecular weight excluding hydrogens is 436 g/mol. The summed E-state index contributed by atoms with van der Waals surface area (Å²) in [5.41, 5.74) is 6.68. The molecular formula is C21H30N4O8. The van der Waals surface area contributed by atoms with Gasteiger partial charge < -0.3 is 37.0 Å². The van der Waals surface area contributed by atoms with Crippen molar-refractivity contribution in [1.82, 2.24) is 16.0 Å². The number of benzene rings is 1. The predicted octanol–water partition coefficient (Wildman–Crippen LogP) is -2.55. The van der Waals surface area contributed by atoms with E-state index in [1.54, 1.807) is 30.3 Å². The zero-order valence-electron chi connectivity index (χ0n) is 18.4. The normalized spacial score (nSPS) is 15.3. The molecule has 12 heteroatoms. The van der Waals surface area contributed by atoms with E-state index in [4.69, 9.17) is 10.8 Å². The third-order valence-electron chi connectivity index (χ3n) is 4.70. The van der Waals surface area contributed by atoms with E-state index in [0.717, 1.165) is 12.5 Å². The second-order valence-electron chi connectivity index (χ2n) is 7.54. The van der Waals surface area contributed by atoms with Crippen molar-refractivity contribution in [1.29, 1.82) is 0 Å². The number of amides is 3. The Labute approximate surface area is 190 Å². The molecule has 1 aromatic rings. The van der Waals surface area contributed by atoms with Crippen molar-refractivity contribution >= 4 is 29.5 Å². The van der Waals surface area contributed by atoms with Gasteiger partial charge in [-0.2, -0.15) is 0 Å². The number of carboxylic acids is 1. The van der Waals surface area contributed by atoms with E-state index in [1.165, 1.54) is 6.92 Å². The molecule has 0 saturated heterocycles. The van der Waals surface area contributed by atoms with Crippen LogP contribution in [-0.4, -0.2) is 81.7 Å². The number of nitrogens with two attached hydrogens (primary N) is 1. The number of carbonyl (C=O) groups is 5. The minimum Gasteiger partial charge on any atom is -0.481 e. The monoisotopic (exact) mass is 466 g/mol. The summed E-state index contributed by atoms with van der Waals surface area (Å²) in [7, 11) is 0. The van der Waals surface area contributed by atoms with Crippen LogP contribution in [0.1, 0.15) is 25.8 Å². The standard InChI is InChI=1S/C21H30N4O8/c1-11(27)15(9-17(29)30)23-20(32)16(10-26)24-21(33)18(12(2)28)25-19(31)14(22)8-13-6-4-3-5-7-13/h3-7,12,14-16,18,26,28H,8-10,22H2,1-2H3,(H,23,32)(H,24,33)(H,25,31)(H,29,30)/t12-,14+,15+,16+,18+/m1/s1. The SMILES string of the molecule is CC(=O)[C@H](CC(=O)O)NC(=O)[C@H](CO)NC(=O)[C@@H](NC(=O)[C@@H](N)Cc1ccccc1)[C@@H](C)O. The smallest absolute Gasteiger partial charge is 0.305 e. The Bertz CT molecular complexity index is 846. The lowest BCUT2D eigenvalue weighted by molar-refractivity contribution is -0.140. The molecule has 1 rings (SSSR count). The molecule has 0 aliphatic heterocycles. The molecule has 0 aliphatic carbocycles. The first-order chi connectivity index (χ1) is 15.5. The van der Waals surface area contributed by atoms with Gasteiger partial charge in [0.1, 0.15) is 12.1 Å². The van der Waals surface area contributed by atoms with Crippen molar-refractivity contribution in [2.24, 2.45) is 5.73 Å². The molecule has 0 unspecified atom stereocenters. The lowest BCUT2D eigenvalue weighted by Gasteiger charge is -2.25. The first kappa shape index (κ1) is 27.7. The van der Waals surface area contributed by atoms with Gasteiger partial charge in [-0.05, 0) is 25.8 Å². The molecule has 5 atom stereocenters. The van der Waals surface area contributed by atoms with Crippen LogP contribution in [0.2, 0.25) is 0 Å². The van der Waals surface area contributed by atoms with Crippen molar-refractivity contribution < 1.29 is 39.3 Å². The highest BCUT2D eigenvalue weighted by Crippen LogP contribution is 2.04. The molecule has 182 valence electrons. The van der Waals surface area contributed by atoms with Gasteiger partial charge >= 0.3 is 5.97 Å². The topological polar surface area (TPSA) is 208 Å². The van der Waals surface area contributed by atoms with Crippen molar-refractivity contribution in [3.05, 3.63) is 35.9 Å². The molecule has 0 aromatic heterocycles. The third kappa shape index (κ3) is 9.35. The van der Waals surface area contributed by atoms with Crippen molar-refractivity contribution in [2.45, 2.75) is 57.0 Å². The lowest BCUT2D eigenvalue weighted by Crippen LogP contribution is -2.60. The lowest BCUT2D eigenvalue weighted by atomic mass is 10.0. The molecule has 0 saturated carbocycles. The highest BCUT2D eigenvalue weighted by Gasteiger charge is 2.32. The summed E-state index contributed by atoms with van der Waals surface area (Å²) >= 11 is 0. The molecule has 0 aliphatic rings. The van der Waals surface area contributed by atoms with Gasteiger partial charge in [0.15, 0.2) is 5.78 Å². The van der Waals surface area contributed by atoms with Crippen LogP contribution in [0.4, 0.5) is 0 Å². The number of carbonyl (C=O) groups excluding carboxylic acids is 4. The van der Waals surface area contributed by atoms with Gasteiger partial charge in [0.05, 0.1) is 31.2 Å². The van der Waals surface area contributed by atoms with E-state index < -0.39 is 72.8 Å². The van der Waals surface area contributed by atoms with Gasteiger partial charge in [0.2, 0.25) is 17.7 Å². The van der Waals surface area contributed by atoms with Crippen LogP contribution in [-0.2, 0) is 30.4 Å². The Morgan fingerprint density at radius 2 is 1.52 bits per heavy atom. The maximum absolute atomic E-state index is 12.6. The number of hydrogen-bond acceptors (Lipinski definition) is 8. The summed E-state index contributed by atoms with van der Waals surface area (Å²) in [6.07, 6.45) is -1.88. The van der Waals surface area contributed by atoms with Crippen molar-refractivity contribution in [3.63, 3.8) is 0 Å². The molecule has 0 radical (unpaired) electrons. The Morgan fingerprint density at radius 3 is 2.00 bits per heavy atom. The first-order valence-corrected chi connectivity index (χ1v) is 10.2. The number of aliphatic hydroxyl groups excluding tert-OH is 2. The van der Waals surface area contributed by atoms with E-state index in [9.17, 15) is 34.2 Å². The van der Waals surface area contributed by atoms with E-state index in [0.29, 0.717) is 0 Å². The number of hydrogen-bond donors (Lipinski definition) is 7. The number of rotatable bonds is 13. The predicted molar refractivity (Wildman–Crippen MR) is 116 cm³/mol. The average Bonchev–Trinajstić information content (AvgIpc) is 2.74. The number of carboxylic acid groups (broad SMARTS) is 1. The molecule has 0 bridgehead atoms. The molecule has 3 amide bonds. The zero-order chi connectivity index (χ0) is 25.1. The van der Waals surface area contributed by atoms with Gasteiger partial charge in [-0.15, -0.1) is 0 Å². The Morgan fingerprint density at radius 1 is 0.939 bits per heavy atom. The van der Waals surface area contributed by atoms with Crippen LogP contribution in [0.25, 0.3) is 0 Å². The van der Waals surface area contributed by atoms with E-state index >= 15 is 0 Å². The fourth-order valence-electron chi connectivity index (χ4n) is 2.83. The van der Waals surface area contributed by atoms with Crippen LogP contribution < -0.4 is 21.7 Å². The largest absolute Gasteiger partial charge is 0.481 e. The summed E-state index contributed by atoms with van der Waals surface area (Å²) in [6, 6.07) is 3.46. The number of Topliss-reactive ketones (excluding diaryl/α,β-unsaturated/α-hetero) is 1. The van der Waals surface area contributed by atoms with E-state index in [2.05, 4.69) is 16.0 Å². The molecule has 0 heterocycles. The average molecular weight is 466 g/mol. The molecule has 0 fully saturated rings. The van der Waals surface area contributed by atoms with Crippen LogP contribution in [0, 0.1) is 0 Å². The second-order valence-corrected chi connectivity index (χ2v) is 7.54. The van der Waals surface area contributed by atoms with Crippen LogP contribution in [0.15, 0.2) is 30.3 Å². The van der Waals surface area contributed by atoms with E-state index in [-0.39, 0.29) is 6.42 Å². The highest BCUT2D eigenvalue weighted by molar-refractivity contribution is 5.95. The Balaban J connectivity index is 2.80. The van der Waals surface area contributed by atoms with Gasteiger partial charge in [-0.1, -0.05) is 30.3 Å². The highest BCUT2D eigenvalue weighted by atomic mass is 16.4. The van der Waals surface area contributed by atoms with Gasteiger partial charge in [-0.3, -0.25) is 24.0 Å². The summed E-state index contributed by atoms with van der Waals surface area (Å²) in [4.78, 5) is 59.7. The van der Waals surface area contributed by atoms with Gasteiger partial charge in [0.25, 0.3) is 0 Å². The van der Waals surface area contributed by atoms with Crippen molar-refractivity contribution in [3.8, 4) is 0 Å². The van der Waals surface area contributed by atoms with Gasteiger partial charge in [0, 0.05) is 0 Å². The molecule has 8 N–H and O–H groups in total. The van der Waals surface area contributed by atoms with Crippen molar-refractivity contribution in [2.75, 3.05) is 6.61 Å². The Kier molecular flexibility index (Phi) is 11.1. The maximum atomic E-state index is 12.6. The summed E-state index contributed by atoms with van der Waals surface area (Å²) in [6.45, 7) is 1.43. The minimum absolute atomic E-state index is 0.179. The van der Waals surface area contributed by atoms with Gasteiger partial charge in [-0.25, -0.2) is 0 Å². The molecule has 33 heavy (non-hydrogen) atoms. The number of aliphatic hydroxyl groups is 2. The first-order valence-electron chi connectivity index (χ1n) is 10.2. The molecule has 12 nitrogen and oxygen atoms in total. The summed E-state index contributed by atoms with van der Waals surface area (Å²) < 4.78 is 0. The summed E-state index contributed by atoms with van der Waals surface area (Å²) in [5.74, 6) is -4.68. The second kappa shape index (κ2) is 13.3.